The second-order valence-electron chi connectivity index (χ2n) is 9.89. The second-order valence-corrected chi connectivity index (χ2v) is 9.89. The van der Waals surface area contributed by atoms with Gasteiger partial charge in [-0.2, -0.15) is 0 Å². The van der Waals surface area contributed by atoms with Gasteiger partial charge in [0, 0.05) is 32.7 Å². The average molecular weight is 482 g/mol. The number of morpholine rings is 1. The molecule has 7 nitrogen and oxygen atoms in total. The summed E-state index contributed by atoms with van der Waals surface area (Å²) >= 11 is 0. The highest BCUT2D eigenvalue weighted by molar-refractivity contribution is 5.78. The third-order valence-corrected chi connectivity index (χ3v) is 6.81. The van der Waals surface area contributed by atoms with Crippen molar-refractivity contribution in [2.75, 3.05) is 60.1 Å². The summed E-state index contributed by atoms with van der Waals surface area (Å²) in [6.45, 7) is 9.74. The van der Waals surface area contributed by atoms with Crippen LogP contribution in [0.15, 0.2) is 42.5 Å². The molecule has 1 amide bonds. The van der Waals surface area contributed by atoms with Gasteiger partial charge < -0.3 is 19.5 Å². The molecule has 1 saturated heterocycles. The van der Waals surface area contributed by atoms with Crippen LogP contribution in [0, 0.1) is 5.92 Å². The number of carbonyl (C=O) groups excluding carboxylic acids is 1. The molecule has 1 fully saturated rings. The molecular weight excluding hydrogens is 442 g/mol. The highest BCUT2D eigenvalue weighted by atomic mass is 16.5. The fourth-order valence-corrected chi connectivity index (χ4v) is 5.25. The van der Waals surface area contributed by atoms with E-state index in [1.807, 2.05) is 18.2 Å². The van der Waals surface area contributed by atoms with E-state index in [0.29, 0.717) is 24.8 Å². The van der Waals surface area contributed by atoms with Crippen LogP contribution in [-0.4, -0.2) is 81.9 Å². The fraction of sp³-hybridized carbons (Fsp3) is 0.536. The predicted molar refractivity (Wildman–Crippen MR) is 137 cm³/mol. The van der Waals surface area contributed by atoms with E-state index in [1.54, 1.807) is 14.2 Å². The Hall–Kier alpha value is -2.61. The number of amides is 1. The Morgan fingerprint density at radius 1 is 1.11 bits per heavy atom. The minimum atomic E-state index is -0.0297. The third-order valence-electron chi connectivity index (χ3n) is 6.81. The first kappa shape index (κ1) is 25.5. The van der Waals surface area contributed by atoms with Crippen molar-refractivity contribution in [1.82, 2.24) is 15.1 Å². The summed E-state index contributed by atoms with van der Waals surface area (Å²) in [4.78, 5) is 17.7. The van der Waals surface area contributed by atoms with E-state index in [2.05, 4.69) is 53.2 Å². The highest BCUT2D eigenvalue weighted by Gasteiger charge is 2.32. The number of nitrogens with zero attached hydrogens (tertiary/aromatic N) is 2. The maximum atomic E-state index is 13.1. The molecule has 2 atom stereocenters. The van der Waals surface area contributed by atoms with Gasteiger partial charge in [0.2, 0.25) is 5.91 Å². The lowest BCUT2D eigenvalue weighted by Crippen LogP contribution is -2.50. The van der Waals surface area contributed by atoms with Crippen molar-refractivity contribution in [1.29, 1.82) is 0 Å². The summed E-state index contributed by atoms with van der Waals surface area (Å²) < 4.78 is 17.1. The van der Waals surface area contributed by atoms with Gasteiger partial charge in [0.25, 0.3) is 0 Å². The molecule has 0 spiro atoms. The van der Waals surface area contributed by atoms with Crippen LogP contribution in [0.3, 0.4) is 0 Å². The highest BCUT2D eigenvalue weighted by Crippen LogP contribution is 2.40. The second kappa shape index (κ2) is 11.9. The quantitative estimate of drug-likeness (QED) is 0.594. The molecule has 0 unspecified atom stereocenters. The van der Waals surface area contributed by atoms with Gasteiger partial charge in [0.15, 0.2) is 11.5 Å². The summed E-state index contributed by atoms with van der Waals surface area (Å²) in [5.41, 5.74) is 3.55. The molecule has 2 heterocycles. The van der Waals surface area contributed by atoms with E-state index in [-0.39, 0.29) is 18.1 Å². The van der Waals surface area contributed by atoms with Gasteiger partial charge in [-0.3, -0.25) is 14.6 Å². The van der Waals surface area contributed by atoms with E-state index in [4.69, 9.17) is 14.2 Å². The Morgan fingerprint density at radius 3 is 2.57 bits per heavy atom. The molecule has 2 aliphatic rings. The van der Waals surface area contributed by atoms with Gasteiger partial charge in [0.1, 0.15) is 0 Å². The predicted octanol–water partition coefficient (Wildman–Crippen LogP) is 3.12. The Balaban J connectivity index is 1.46. The first-order chi connectivity index (χ1) is 17.0. The van der Waals surface area contributed by atoms with Crippen LogP contribution in [0.1, 0.15) is 36.6 Å². The van der Waals surface area contributed by atoms with Crippen LogP contribution in [0.4, 0.5) is 0 Å². The third kappa shape index (κ3) is 6.34. The molecule has 0 aliphatic carbocycles. The molecule has 2 aromatic rings. The van der Waals surface area contributed by atoms with Gasteiger partial charge in [-0.05, 0) is 41.2 Å². The molecule has 190 valence electrons. The minimum absolute atomic E-state index is 0.0273. The number of methoxy groups -OCH3 is 2. The Morgan fingerprint density at radius 2 is 1.86 bits per heavy atom. The fourth-order valence-electron chi connectivity index (χ4n) is 5.25. The summed E-state index contributed by atoms with van der Waals surface area (Å²) in [5.74, 6) is 2.10. The molecule has 2 aromatic carbocycles. The molecule has 0 radical (unpaired) electrons. The van der Waals surface area contributed by atoms with Crippen LogP contribution in [-0.2, 0) is 16.0 Å². The monoisotopic (exact) mass is 481 g/mol. The largest absolute Gasteiger partial charge is 0.493 e. The molecule has 4 rings (SSSR count). The van der Waals surface area contributed by atoms with Gasteiger partial charge in [-0.25, -0.2) is 0 Å². The van der Waals surface area contributed by atoms with E-state index in [0.717, 1.165) is 56.1 Å². The number of rotatable bonds is 9. The Kier molecular flexibility index (Phi) is 8.65. The summed E-state index contributed by atoms with van der Waals surface area (Å²) in [6.07, 6.45) is 0.887. The van der Waals surface area contributed by atoms with Gasteiger partial charge in [-0.1, -0.05) is 44.2 Å². The van der Waals surface area contributed by atoms with Gasteiger partial charge >= 0.3 is 0 Å². The lowest BCUT2D eigenvalue weighted by Gasteiger charge is -2.38. The SMILES string of the molecule is COc1cc2c(cc1OC)[C@@H](c1ccccc1)N(CC(=O)NC[C@H]1CN(CC(C)C)CCO1)CC2. The van der Waals surface area contributed by atoms with Crippen LogP contribution in [0.25, 0.3) is 0 Å². The number of hydrogen-bond donors (Lipinski definition) is 1. The molecule has 0 saturated carbocycles. The molecule has 1 N–H and O–H groups in total. The zero-order valence-electron chi connectivity index (χ0n) is 21.5. The van der Waals surface area contributed by atoms with Crippen LogP contribution < -0.4 is 14.8 Å². The van der Waals surface area contributed by atoms with Crippen LogP contribution >= 0.6 is 0 Å². The van der Waals surface area contributed by atoms with E-state index in [9.17, 15) is 4.79 Å². The number of hydrogen-bond acceptors (Lipinski definition) is 6. The van der Waals surface area contributed by atoms with Gasteiger partial charge in [0.05, 0.1) is 39.5 Å². The van der Waals surface area contributed by atoms with E-state index in [1.165, 1.54) is 5.56 Å². The minimum Gasteiger partial charge on any atom is -0.493 e. The zero-order valence-corrected chi connectivity index (χ0v) is 21.5. The average Bonchev–Trinajstić information content (AvgIpc) is 2.87. The standard InChI is InChI=1S/C28H39N3O4/c1-20(2)17-30-12-13-35-23(18-30)16-29-27(32)19-31-11-10-22-14-25(33-3)26(34-4)15-24(22)28(31)21-8-6-5-7-9-21/h5-9,14-15,20,23,28H,10-13,16-19H2,1-4H3,(H,29,32)/t23-,28+/m0/s1. The van der Waals surface area contributed by atoms with Crippen molar-refractivity contribution in [3.05, 3.63) is 59.2 Å². The summed E-state index contributed by atoms with van der Waals surface area (Å²) in [7, 11) is 3.32. The van der Waals surface area contributed by atoms with Crippen LogP contribution in [0.5, 0.6) is 11.5 Å². The van der Waals surface area contributed by atoms with E-state index >= 15 is 0 Å². The van der Waals surface area contributed by atoms with Crippen molar-refractivity contribution in [3.63, 3.8) is 0 Å². The molecule has 0 bridgehead atoms. The Labute approximate surface area is 209 Å². The van der Waals surface area contributed by atoms with Crippen molar-refractivity contribution in [2.24, 2.45) is 5.92 Å². The zero-order chi connectivity index (χ0) is 24.8. The summed E-state index contributed by atoms with van der Waals surface area (Å²) in [5, 5.41) is 3.13. The number of ether oxygens (including phenoxy) is 3. The smallest absolute Gasteiger partial charge is 0.234 e. The van der Waals surface area contributed by atoms with E-state index < -0.39 is 0 Å². The topological polar surface area (TPSA) is 63.3 Å². The summed E-state index contributed by atoms with van der Waals surface area (Å²) in [6, 6.07) is 14.5. The van der Waals surface area contributed by atoms with Gasteiger partial charge in [-0.15, -0.1) is 0 Å². The lowest BCUT2D eigenvalue weighted by molar-refractivity contribution is -0.124. The Bertz CT molecular complexity index is 982. The molecule has 2 aliphatic heterocycles. The molecule has 0 aromatic heterocycles. The van der Waals surface area contributed by atoms with Crippen molar-refractivity contribution in [3.8, 4) is 11.5 Å². The van der Waals surface area contributed by atoms with Crippen LogP contribution in [0.2, 0.25) is 0 Å². The number of fused-ring (bicyclic) bond motifs is 1. The number of nitrogens with one attached hydrogen (secondary N) is 1. The van der Waals surface area contributed by atoms with Crippen molar-refractivity contribution in [2.45, 2.75) is 32.4 Å². The lowest BCUT2D eigenvalue weighted by atomic mass is 9.87. The van der Waals surface area contributed by atoms with Crippen molar-refractivity contribution < 1.29 is 19.0 Å². The normalized spacial score (nSPS) is 20.9. The van der Waals surface area contributed by atoms with Crippen molar-refractivity contribution >= 4 is 5.91 Å². The first-order valence-electron chi connectivity index (χ1n) is 12.6. The maximum absolute atomic E-state index is 13.1. The molecular formula is C28H39N3O4. The number of benzene rings is 2. The maximum Gasteiger partial charge on any atom is 0.234 e. The molecule has 35 heavy (non-hydrogen) atoms. The first-order valence-corrected chi connectivity index (χ1v) is 12.6. The number of carbonyl (C=O) groups is 1. The molecule has 7 heteroatoms.